The maximum atomic E-state index is 5.81. The quantitative estimate of drug-likeness (QED) is 0.746. The lowest BCUT2D eigenvalue weighted by atomic mass is 10.1. The van der Waals surface area contributed by atoms with E-state index in [-0.39, 0.29) is 0 Å². The minimum Gasteiger partial charge on any atom is -0.486 e. The van der Waals surface area contributed by atoms with Crippen LogP contribution < -0.4 is 10.1 Å². The fourth-order valence-corrected chi connectivity index (χ4v) is 2.19. The van der Waals surface area contributed by atoms with E-state index in [2.05, 4.69) is 31.3 Å². The Morgan fingerprint density at radius 3 is 2.62 bits per heavy atom. The second kappa shape index (κ2) is 8.53. The zero-order chi connectivity index (χ0) is 14.9. The van der Waals surface area contributed by atoms with Gasteiger partial charge < -0.3 is 14.5 Å². The number of unbranched alkanes of at least 4 members (excludes halogenated alkanes) is 1. The standard InChI is InChI=1S/C18H25NO2/c1-3-5-6-15-7-9-17(10-8-15)21-14-18-16(11-12-20-18)13-19-4-2/h7-12,19H,3-6,13-14H2,1-2H3. The van der Waals surface area contributed by atoms with Crippen LogP contribution in [0, 0.1) is 0 Å². The number of hydrogen-bond donors (Lipinski definition) is 1. The van der Waals surface area contributed by atoms with E-state index in [1.54, 1.807) is 6.26 Å². The first kappa shape index (κ1) is 15.6. The van der Waals surface area contributed by atoms with E-state index in [4.69, 9.17) is 9.15 Å². The Morgan fingerprint density at radius 1 is 1.10 bits per heavy atom. The molecule has 0 saturated carbocycles. The molecule has 0 unspecified atom stereocenters. The van der Waals surface area contributed by atoms with Crippen LogP contribution in [0.5, 0.6) is 5.75 Å². The highest BCUT2D eigenvalue weighted by Gasteiger charge is 2.06. The molecule has 0 atom stereocenters. The third-order valence-electron chi connectivity index (χ3n) is 3.52. The minimum absolute atomic E-state index is 0.474. The molecule has 3 nitrogen and oxygen atoms in total. The summed E-state index contributed by atoms with van der Waals surface area (Å²) in [5.74, 6) is 1.78. The molecule has 0 bridgehead atoms. The molecule has 21 heavy (non-hydrogen) atoms. The molecular weight excluding hydrogens is 262 g/mol. The van der Waals surface area contributed by atoms with Crippen molar-refractivity contribution in [2.24, 2.45) is 0 Å². The summed E-state index contributed by atoms with van der Waals surface area (Å²) < 4.78 is 11.3. The molecule has 114 valence electrons. The van der Waals surface area contributed by atoms with Crippen LogP contribution in [0.1, 0.15) is 43.6 Å². The number of rotatable bonds is 9. The van der Waals surface area contributed by atoms with Gasteiger partial charge in [0.1, 0.15) is 18.1 Å². The van der Waals surface area contributed by atoms with Gasteiger partial charge >= 0.3 is 0 Å². The van der Waals surface area contributed by atoms with Gasteiger partial charge in [0.15, 0.2) is 0 Å². The van der Waals surface area contributed by atoms with Gasteiger partial charge in [-0.2, -0.15) is 0 Å². The fraction of sp³-hybridized carbons (Fsp3) is 0.444. The van der Waals surface area contributed by atoms with Gasteiger partial charge in [0.2, 0.25) is 0 Å². The summed E-state index contributed by atoms with van der Waals surface area (Å²) >= 11 is 0. The zero-order valence-corrected chi connectivity index (χ0v) is 13.0. The molecule has 0 saturated heterocycles. The molecule has 0 aliphatic rings. The number of ether oxygens (including phenoxy) is 1. The van der Waals surface area contributed by atoms with Gasteiger partial charge in [0, 0.05) is 12.1 Å². The maximum absolute atomic E-state index is 5.81. The van der Waals surface area contributed by atoms with E-state index in [0.717, 1.165) is 36.6 Å². The Bertz CT molecular complexity index is 516. The predicted molar refractivity (Wildman–Crippen MR) is 85.5 cm³/mol. The summed E-state index contributed by atoms with van der Waals surface area (Å²) in [6.45, 7) is 6.55. The smallest absolute Gasteiger partial charge is 0.146 e. The van der Waals surface area contributed by atoms with E-state index in [1.807, 2.05) is 18.2 Å². The lowest BCUT2D eigenvalue weighted by Gasteiger charge is -2.07. The molecule has 3 heteroatoms. The summed E-state index contributed by atoms with van der Waals surface area (Å²) in [5, 5.41) is 3.30. The van der Waals surface area contributed by atoms with Crippen molar-refractivity contribution in [3.05, 3.63) is 53.5 Å². The summed E-state index contributed by atoms with van der Waals surface area (Å²) in [5.41, 5.74) is 2.53. The molecule has 0 aliphatic heterocycles. The van der Waals surface area contributed by atoms with Crippen molar-refractivity contribution in [2.75, 3.05) is 6.54 Å². The van der Waals surface area contributed by atoms with Crippen LogP contribution in [0.4, 0.5) is 0 Å². The molecule has 0 amide bonds. The number of aryl methyl sites for hydroxylation is 1. The Balaban J connectivity index is 1.86. The molecule has 1 heterocycles. The van der Waals surface area contributed by atoms with Crippen molar-refractivity contribution in [3.63, 3.8) is 0 Å². The van der Waals surface area contributed by atoms with Crippen molar-refractivity contribution >= 4 is 0 Å². The molecule has 1 aromatic carbocycles. The molecule has 0 aliphatic carbocycles. The SMILES string of the molecule is CCCCc1ccc(OCc2occc2CNCC)cc1. The summed E-state index contributed by atoms with van der Waals surface area (Å²) in [6.07, 6.45) is 5.33. The fourth-order valence-electron chi connectivity index (χ4n) is 2.19. The highest BCUT2D eigenvalue weighted by molar-refractivity contribution is 5.27. The van der Waals surface area contributed by atoms with Gasteiger partial charge in [0.05, 0.1) is 6.26 Å². The van der Waals surface area contributed by atoms with Crippen LogP contribution in [0.25, 0.3) is 0 Å². The Labute approximate surface area is 127 Å². The predicted octanol–water partition coefficient (Wildman–Crippen LogP) is 4.31. The monoisotopic (exact) mass is 287 g/mol. The van der Waals surface area contributed by atoms with E-state index < -0.39 is 0 Å². The van der Waals surface area contributed by atoms with Crippen LogP contribution >= 0.6 is 0 Å². The van der Waals surface area contributed by atoms with Gasteiger partial charge in [-0.25, -0.2) is 0 Å². The van der Waals surface area contributed by atoms with Crippen molar-refractivity contribution in [2.45, 2.75) is 46.3 Å². The number of nitrogens with one attached hydrogen (secondary N) is 1. The van der Waals surface area contributed by atoms with Crippen LogP contribution in [-0.4, -0.2) is 6.54 Å². The molecule has 1 N–H and O–H groups in total. The summed E-state index contributed by atoms with van der Waals surface area (Å²) in [4.78, 5) is 0. The Morgan fingerprint density at radius 2 is 1.90 bits per heavy atom. The normalized spacial score (nSPS) is 10.8. The van der Waals surface area contributed by atoms with Gasteiger partial charge in [-0.3, -0.25) is 0 Å². The second-order valence-corrected chi connectivity index (χ2v) is 5.19. The Hall–Kier alpha value is -1.74. The lowest BCUT2D eigenvalue weighted by molar-refractivity contribution is 0.268. The molecular formula is C18H25NO2. The van der Waals surface area contributed by atoms with E-state index in [0.29, 0.717) is 6.61 Å². The van der Waals surface area contributed by atoms with E-state index >= 15 is 0 Å². The largest absolute Gasteiger partial charge is 0.486 e. The zero-order valence-electron chi connectivity index (χ0n) is 13.0. The first-order valence-electron chi connectivity index (χ1n) is 7.81. The van der Waals surface area contributed by atoms with Crippen LogP contribution in [-0.2, 0) is 19.6 Å². The van der Waals surface area contributed by atoms with Gasteiger partial charge in [-0.05, 0) is 43.1 Å². The first-order valence-corrected chi connectivity index (χ1v) is 7.81. The van der Waals surface area contributed by atoms with E-state index in [9.17, 15) is 0 Å². The van der Waals surface area contributed by atoms with Gasteiger partial charge in [-0.1, -0.05) is 32.4 Å². The van der Waals surface area contributed by atoms with Crippen LogP contribution in [0.15, 0.2) is 41.0 Å². The van der Waals surface area contributed by atoms with Gasteiger partial charge in [-0.15, -0.1) is 0 Å². The topological polar surface area (TPSA) is 34.4 Å². The highest BCUT2D eigenvalue weighted by atomic mass is 16.5. The van der Waals surface area contributed by atoms with Crippen molar-refractivity contribution < 1.29 is 9.15 Å². The molecule has 0 spiro atoms. The molecule has 0 radical (unpaired) electrons. The van der Waals surface area contributed by atoms with E-state index in [1.165, 1.54) is 18.4 Å². The first-order chi connectivity index (χ1) is 10.3. The Kier molecular flexibility index (Phi) is 6.35. The number of furan rings is 1. The molecule has 1 aromatic heterocycles. The highest BCUT2D eigenvalue weighted by Crippen LogP contribution is 2.17. The number of hydrogen-bond acceptors (Lipinski definition) is 3. The molecule has 2 rings (SSSR count). The summed E-state index contributed by atoms with van der Waals surface area (Å²) in [6, 6.07) is 10.4. The third-order valence-corrected chi connectivity index (χ3v) is 3.52. The van der Waals surface area contributed by atoms with Crippen molar-refractivity contribution in [1.29, 1.82) is 0 Å². The average molecular weight is 287 g/mol. The average Bonchev–Trinajstić information content (AvgIpc) is 2.97. The number of benzene rings is 1. The molecule has 0 fully saturated rings. The lowest BCUT2D eigenvalue weighted by Crippen LogP contribution is -2.12. The molecule has 2 aromatic rings. The second-order valence-electron chi connectivity index (χ2n) is 5.19. The minimum atomic E-state index is 0.474. The third kappa shape index (κ3) is 4.94. The van der Waals surface area contributed by atoms with Gasteiger partial charge in [0.25, 0.3) is 0 Å². The van der Waals surface area contributed by atoms with Crippen molar-refractivity contribution in [1.82, 2.24) is 5.32 Å². The summed E-state index contributed by atoms with van der Waals surface area (Å²) in [7, 11) is 0. The van der Waals surface area contributed by atoms with Crippen LogP contribution in [0.2, 0.25) is 0 Å². The van der Waals surface area contributed by atoms with Crippen LogP contribution in [0.3, 0.4) is 0 Å². The van der Waals surface area contributed by atoms with Crippen molar-refractivity contribution in [3.8, 4) is 5.75 Å². The maximum Gasteiger partial charge on any atom is 0.146 e.